The van der Waals surface area contributed by atoms with Gasteiger partial charge in [0.1, 0.15) is 0 Å². The van der Waals surface area contributed by atoms with Gasteiger partial charge in [0.2, 0.25) is 0 Å². The molecule has 2 nitrogen and oxygen atoms in total. The third kappa shape index (κ3) is 4.71. The van der Waals surface area contributed by atoms with E-state index in [9.17, 15) is 0 Å². The predicted molar refractivity (Wildman–Crippen MR) is 92.4 cm³/mol. The molecule has 128 valence electrons. The van der Waals surface area contributed by atoms with Gasteiger partial charge in [0.05, 0.1) is 0 Å². The molecule has 0 saturated carbocycles. The van der Waals surface area contributed by atoms with E-state index in [1.807, 2.05) is 0 Å². The molecule has 0 aliphatic heterocycles. The molecule has 0 spiro atoms. The van der Waals surface area contributed by atoms with Gasteiger partial charge in [-0.3, -0.25) is 0 Å². The van der Waals surface area contributed by atoms with Gasteiger partial charge in [-0.15, -0.1) is 0 Å². The standard InChI is InChI=1S/C17H36.BrH.2H3N/c1-8-15(9-2)17(13-6,14-7)16(10-3,11-4)12-5;;;/h15H,8-14H2,1-7H3;1H;2*1H3/p+1. The van der Waals surface area contributed by atoms with Gasteiger partial charge in [-0.25, -0.2) is 0 Å². The SMILES string of the molecule is CCC(CC)C(CC)(CC)C(CC)(CC)CC.[Br-].[NH4+].[NH4+]. The van der Waals surface area contributed by atoms with Gasteiger partial charge >= 0.3 is 0 Å². The molecule has 0 rings (SSSR count). The fraction of sp³-hybridized carbons (Fsp3) is 1.00. The number of hydrogen-bond acceptors (Lipinski definition) is 0. The molecule has 20 heavy (non-hydrogen) atoms. The molecular weight excluding hydrogens is 312 g/mol. The second kappa shape index (κ2) is 13.1. The van der Waals surface area contributed by atoms with Crippen LogP contribution in [0.25, 0.3) is 0 Å². The van der Waals surface area contributed by atoms with Gasteiger partial charge in [0.25, 0.3) is 0 Å². The van der Waals surface area contributed by atoms with Crippen molar-refractivity contribution in [3.63, 3.8) is 0 Å². The lowest BCUT2D eigenvalue weighted by Crippen LogP contribution is -3.00. The van der Waals surface area contributed by atoms with E-state index in [0.29, 0.717) is 10.8 Å². The Bertz CT molecular complexity index is 187. The molecule has 0 amide bonds. The van der Waals surface area contributed by atoms with Crippen molar-refractivity contribution in [3.05, 3.63) is 0 Å². The smallest absolute Gasteiger partial charge is 0.0218 e. The Kier molecular flexibility index (Phi) is 18.7. The first-order chi connectivity index (χ1) is 8.07. The zero-order chi connectivity index (χ0) is 13.5. The first kappa shape index (κ1) is 28.5. The van der Waals surface area contributed by atoms with Crippen LogP contribution in [0.1, 0.15) is 93.4 Å². The van der Waals surface area contributed by atoms with Crippen LogP contribution < -0.4 is 29.3 Å². The first-order valence-corrected chi connectivity index (χ1v) is 8.07. The summed E-state index contributed by atoms with van der Waals surface area (Å²) in [7, 11) is 0. The summed E-state index contributed by atoms with van der Waals surface area (Å²) >= 11 is 0. The molecule has 0 unspecified atom stereocenters. The molecular formula is C17H44BrN2+. The summed E-state index contributed by atoms with van der Waals surface area (Å²) in [6.45, 7) is 16.9. The molecule has 0 aromatic carbocycles. The van der Waals surface area contributed by atoms with Gasteiger partial charge in [0, 0.05) is 0 Å². The van der Waals surface area contributed by atoms with Gasteiger partial charge in [-0.2, -0.15) is 0 Å². The topological polar surface area (TPSA) is 73.0 Å². The fourth-order valence-corrected chi connectivity index (χ4v) is 4.89. The van der Waals surface area contributed by atoms with E-state index in [1.54, 1.807) is 0 Å². The summed E-state index contributed by atoms with van der Waals surface area (Å²) in [6.07, 6.45) is 9.44. The van der Waals surface area contributed by atoms with Crippen LogP contribution in [-0.4, -0.2) is 0 Å². The van der Waals surface area contributed by atoms with Crippen LogP contribution in [0.3, 0.4) is 0 Å². The Labute approximate surface area is 139 Å². The normalized spacial score (nSPS) is 11.4. The summed E-state index contributed by atoms with van der Waals surface area (Å²) < 4.78 is 0. The highest BCUT2D eigenvalue weighted by atomic mass is 79.9. The third-order valence-electron chi connectivity index (χ3n) is 6.12. The van der Waals surface area contributed by atoms with E-state index in [2.05, 4.69) is 48.5 Å². The fourth-order valence-electron chi connectivity index (χ4n) is 4.89. The molecule has 0 bridgehead atoms. The number of rotatable bonds is 9. The van der Waals surface area contributed by atoms with Crippen LogP contribution in [0.4, 0.5) is 0 Å². The highest BCUT2D eigenvalue weighted by Gasteiger charge is 2.48. The molecule has 0 fully saturated rings. The molecule has 3 heteroatoms. The van der Waals surface area contributed by atoms with E-state index < -0.39 is 0 Å². The Morgan fingerprint density at radius 1 is 0.600 bits per heavy atom. The van der Waals surface area contributed by atoms with E-state index >= 15 is 0 Å². The van der Waals surface area contributed by atoms with Gasteiger partial charge in [0.15, 0.2) is 0 Å². The number of quaternary nitrogens is 2. The average molecular weight is 356 g/mol. The average Bonchev–Trinajstić information content (AvgIpc) is 2.40. The Morgan fingerprint density at radius 3 is 1.05 bits per heavy atom. The maximum Gasteiger partial charge on any atom is -0.0218 e. The zero-order valence-corrected chi connectivity index (χ0v) is 17.5. The van der Waals surface area contributed by atoms with E-state index in [-0.39, 0.29) is 29.3 Å². The highest BCUT2D eigenvalue weighted by molar-refractivity contribution is 4.98. The summed E-state index contributed by atoms with van der Waals surface area (Å²) in [4.78, 5) is 0. The van der Waals surface area contributed by atoms with Crippen molar-refractivity contribution in [2.75, 3.05) is 0 Å². The van der Waals surface area contributed by atoms with Crippen LogP contribution in [0, 0.1) is 16.7 Å². The molecule has 0 aromatic heterocycles. The quantitative estimate of drug-likeness (QED) is 0.621. The van der Waals surface area contributed by atoms with Crippen molar-refractivity contribution in [3.8, 4) is 0 Å². The molecule has 0 atom stereocenters. The summed E-state index contributed by atoms with van der Waals surface area (Å²) in [5.74, 6) is 0.900. The molecule has 0 aliphatic rings. The predicted octanol–water partition coefficient (Wildman–Crippen LogP) is 4.20. The van der Waals surface area contributed by atoms with Crippen molar-refractivity contribution in [2.24, 2.45) is 16.7 Å². The van der Waals surface area contributed by atoms with Crippen LogP contribution in [-0.2, 0) is 0 Å². The molecule has 0 aliphatic carbocycles. The highest BCUT2D eigenvalue weighted by Crippen LogP contribution is 2.57. The molecule has 0 heterocycles. The van der Waals surface area contributed by atoms with Crippen molar-refractivity contribution < 1.29 is 17.0 Å². The van der Waals surface area contributed by atoms with Crippen LogP contribution in [0.15, 0.2) is 0 Å². The van der Waals surface area contributed by atoms with E-state index in [4.69, 9.17) is 0 Å². The van der Waals surface area contributed by atoms with Crippen LogP contribution >= 0.6 is 0 Å². The molecule has 0 radical (unpaired) electrons. The number of hydrogen-bond donors (Lipinski definition) is 2. The lowest BCUT2D eigenvalue weighted by Gasteiger charge is -2.54. The van der Waals surface area contributed by atoms with Crippen LogP contribution in [0.2, 0.25) is 0 Å². The second-order valence-electron chi connectivity index (χ2n) is 5.72. The van der Waals surface area contributed by atoms with E-state index in [0.717, 1.165) is 5.92 Å². The second-order valence-corrected chi connectivity index (χ2v) is 5.72. The van der Waals surface area contributed by atoms with Crippen molar-refractivity contribution in [1.29, 1.82) is 0 Å². The Balaban J connectivity index is -0.000000427. The first-order valence-electron chi connectivity index (χ1n) is 8.07. The lowest BCUT2D eigenvalue weighted by atomic mass is 9.50. The lowest BCUT2D eigenvalue weighted by molar-refractivity contribution is -0.0478. The maximum atomic E-state index is 2.43. The molecule has 8 N–H and O–H groups in total. The van der Waals surface area contributed by atoms with Gasteiger partial charge < -0.3 is 29.3 Å². The summed E-state index contributed by atoms with van der Waals surface area (Å²) in [6, 6.07) is 0. The molecule has 0 aromatic rings. The van der Waals surface area contributed by atoms with E-state index in [1.165, 1.54) is 44.9 Å². The Morgan fingerprint density at radius 2 is 0.900 bits per heavy atom. The maximum absolute atomic E-state index is 2.43. The summed E-state index contributed by atoms with van der Waals surface area (Å²) in [5, 5.41) is 0. The van der Waals surface area contributed by atoms with Gasteiger partial charge in [-0.1, -0.05) is 61.3 Å². The monoisotopic (exact) mass is 355 g/mol. The zero-order valence-electron chi connectivity index (χ0n) is 15.9. The Hall–Kier alpha value is 0.400. The minimum absolute atomic E-state index is 0. The summed E-state index contributed by atoms with van der Waals surface area (Å²) in [5.41, 5.74) is 1.13. The minimum atomic E-state index is 0. The van der Waals surface area contributed by atoms with Crippen molar-refractivity contribution in [2.45, 2.75) is 93.4 Å². The van der Waals surface area contributed by atoms with Gasteiger partial charge in [-0.05, 0) is 48.9 Å². The minimum Gasteiger partial charge on any atom is -1.00 e. The van der Waals surface area contributed by atoms with Crippen molar-refractivity contribution >= 4 is 0 Å². The van der Waals surface area contributed by atoms with Crippen LogP contribution in [0.5, 0.6) is 0 Å². The molecule has 0 saturated heterocycles. The largest absolute Gasteiger partial charge is 1.00 e. The van der Waals surface area contributed by atoms with Crippen molar-refractivity contribution in [1.82, 2.24) is 12.3 Å². The number of halogens is 1. The third-order valence-corrected chi connectivity index (χ3v) is 6.12.